The number of hydrogen-bond acceptors (Lipinski definition) is 5. The number of nitrogens with one attached hydrogen (secondary N) is 2. The van der Waals surface area contributed by atoms with Crippen LogP contribution in [0, 0.1) is 0 Å². The van der Waals surface area contributed by atoms with Crippen LogP contribution in [0.25, 0.3) is 6.08 Å². The molecular formula is C22H20N4O3. The van der Waals surface area contributed by atoms with Crippen LogP contribution in [0.15, 0.2) is 79.1 Å². The molecule has 0 aliphatic heterocycles. The van der Waals surface area contributed by atoms with Gasteiger partial charge in [-0.2, -0.15) is 0 Å². The maximum Gasteiger partial charge on any atom is 0.411 e. The van der Waals surface area contributed by atoms with Crippen LogP contribution in [0.3, 0.4) is 0 Å². The van der Waals surface area contributed by atoms with Crippen molar-refractivity contribution in [3.63, 3.8) is 0 Å². The number of carbonyl (C=O) groups is 2. The summed E-state index contributed by atoms with van der Waals surface area (Å²) in [5.74, 6) is -0.308. The molecule has 0 radical (unpaired) electrons. The Balaban J connectivity index is 1.54. The van der Waals surface area contributed by atoms with Crippen molar-refractivity contribution in [3.05, 3.63) is 90.3 Å². The number of ether oxygens (including phenoxy) is 1. The van der Waals surface area contributed by atoms with Crippen LogP contribution in [0.1, 0.15) is 11.1 Å². The van der Waals surface area contributed by atoms with Gasteiger partial charge in [-0.1, -0.05) is 30.3 Å². The van der Waals surface area contributed by atoms with E-state index < -0.39 is 6.09 Å². The molecule has 0 fully saturated rings. The first-order valence-electron chi connectivity index (χ1n) is 8.86. The zero-order chi connectivity index (χ0) is 20.5. The van der Waals surface area contributed by atoms with E-state index in [0.29, 0.717) is 17.1 Å². The van der Waals surface area contributed by atoms with Crippen molar-refractivity contribution >= 4 is 35.1 Å². The van der Waals surface area contributed by atoms with Gasteiger partial charge in [-0.25, -0.2) is 4.79 Å². The van der Waals surface area contributed by atoms with Gasteiger partial charge in [0.2, 0.25) is 5.91 Å². The first-order valence-corrected chi connectivity index (χ1v) is 8.86. The molecule has 3 aromatic rings. The van der Waals surface area contributed by atoms with Crippen LogP contribution >= 0.6 is 0 Å². The van der Waals surface area contributed by atoms with Gasteiger partial charge >= 0.3 is 6.09 Å². The Labute approximate surface area is 168 Å². The van der Waals surface area contributed by atoms with Crippen LogP contribution in [0.5, 0.6) is 0 Å². The molecule has 0 spiro atoms. The van der Waals surface area contributed by atoms with E-state index in [2.05, 4.69) is 15.6 Å². The molecule has 1 heterocycles. The molecule has 1 aromatic heterocycles. The summed E-state index contributed by atoms with van der Waals surface area (Å²) < 4.78 is 5.16. The van der Waals surface area contributed by atoms with Gasteiger partial charge in [-0.3, -0.25) is 15.1 Å². The summed E-state index contributed by atoms with van der Waals surface area (Å²) in [6.45, 7) is 0.127. The van der Waals surface area contributed by atoms with Crippen LogP contribution < -0.4 is 16.4 Å². The monoisotopic (exact) mass is 388 g/mol. The fraction of sp³-hybridized carbons (Fsp3) is 0.0455. The quantitative estimate of drug-likeness (QED) is 0.436. The number of aromatic nitrogens is 1. The molecular weight excluding hydrogens is 368 g/mol. The number of anilines is 3. The highest BCUT2D eigenvalue weighted by Crippen LogP contribution is 2.17. The second kappa shape index (κ2) is 9.70. The summed E-state index contributed by atoms with van der Waals surface area (Å²) >= 11 is 0. The second-order valence-corrected chi connectivity index (χ2v) is 6.10. The van der Waals surface area contributed by atoms with Gasteiger partial charge < -0.3 is 15.8 Å². The number of amides is 2. The zero-order valence-corrected chi connectivity index (χ0v) is 15.5. The largest absolute Gasteiger partial charge is 0.444 e. The average molecular weight is 388 g/mol. The van der Waals surface area contributed by atoms with Crippen molar-refractivity contribution in [1.82, 2.24) is 4.98 Å². The predicted molar refractivity (Wildman–Crippen MR) is 113 cm³/mol. The summed E-state index contributed by atoms with van der Waals surface area (Å²) in [7, 11) is 0. The fourth-order valence-corrected chi connectivity index (χ4v) is 2.46. The van der Waals surface area contributed by atoms with E-state index in [-0.39, 0.29) is 12.5 Å². The number of pyridine rings is 1. The third-order valence-electron chi connectivity index (χ3n) is 3.87. The lowest BCUT2D eigenvalue weighted by atomic mass is 10.2. The Morgan fingerprint density at radius 3 is 2.69 bits per heavy atom. The van der Waals surface area contributed by atoms with Gasteiger partial charge in [0.15, 0.2) is 0 Å². The Kier molecular flexibility index (Phi) is 6.57. The van der Waals surface area contributed by atoms with E-state index in [1.165, 1.54) is 6.08 Å². The molecule has 146 valence electrons. The third-order valence-corrected chi connectivity index (χ3v) is 3.87. The van der Waals surface area contributed by atoms with Crippen molar-refractivity contribution in [1.29, 1.82) is 0 Å². The topological polar surface area (TPSA) is 106 Å². The smallest absolute Gasteiger partial charge is 0.411 e. The van der Waals surface area contributed by atoms with E-state index in [0.717, 1.165) is 11.1 Å². The summed E-state index contributed by atoms with van der Waals surface area (Å²) in [4.78, 5) is 28.0. The minimum Gasteiger partial charge on any atom is -0.444 e. The first-order chi connectivity index (χ1) is 14.1. The summed E-state index contributed by atoms with van der Waals surface area (Å²) in [6, 6.07) is 17.6. The predicted octanol–water partition coefficient (Wildman–Crippen LogP) is 4.06. The van der Waals surface area contributed by atoms with Crippen LogP contribution in [0.2, 0.25) is 0 Å². The highest BCUT2D eigenvalue weighted by Gasteiger charge is 2.05. The lowest BCUT2D eigenvalue weighted by Gasteiger charge is -2.07. The maximum absolute atomic E-state index is 12.1. The normalized spacial score (nSPS) is 10.5. The molecule has 0 saturated heterocycles. The molecule has 4 N–H and O–H groups in total. The Morgan fingerprint density at radius 2 is 1.90 bits per heavy atom. The number of nitrogens with two attached hydrogens (primary N) is 1. The molecule has 0 bridgehead atoms. The van der Waals surface area contributed by atoms with Crippen molar-refractivity contribution in [2.45, 2.75) is 6.61 Å². The number of hydrogen-bond donors (Lipinski definition) is 3. The van der Waals surface area contributed by atoms with E-state index in [1.54, 1.807) is 67.0 Å². The van der Waals surface area contributed by atoms with Gasteiger partial charge in [0, 0.05) is 29.7 Å². The highest BCUT2D eigenvalue weighted by molar-refractivity contribution is 6.03. The molecule has 0 aliphatic rings. The second-order valence-electron chi connectivity index (χ2n) is 6.10. The molecule has 2 aromatic carbocycles. The molecule has 0 unspecified atom stereocenters. The van der Waals surface area contributed by atoms with E-state index in [1.807, 2.05) is 12.1 Å². The lowest BCUT2D eigenvalue weighted by Crippen LogP contribution is -2.13. The number of para-hydroxylation sites is 2. The lowest BCUT2D eigenvalue weighted by molar-refractivity contribution is -0.111. The van der Waals surface area contributed by atoms with Crippen molar-refractivity contribution in [2.75, 3.05) is 16.4 Å². The van der Waals surface area contributed by atoms with E-state index in [4.69, 9.17) is 10.5 Å². The van der Waals surface area contributed by atoms with Gasteiger partial charge in [0.1, 0.15) is 6.61 Å². The van der Waals surface area contributed by atoms with Crippen molar-refractivity contribution in [2.24, 2.45) is 0 Å². The number of nitrogens with zero attached hydrogens (tertiary/aromatic N) is 1. The Morgan fingerprint density at radius 1 is 1.03 bits per heavy atom. The van der Waals surface area contributed by atoms with Crippen LogP contribution in [-0.2, 0) is 16.1 Å². The number of benzene rings is 2. The third kappa shape index (κ3) is 6.21. The molecule has 7 heteroatoms. The molecule has 7 nitrogen and oxygen atoms in total. The average Bonchev–Trinajstić information content (AvgIpc) is 2.73. The molecule has 0 saturated carbocycles. The zero-order valence-electron chi connectivity index (χ0n) is 15.5. The SMILES string of the molecule is Nc1ccccc1NC(=O)/C=C/c1cccc(NC(=O)OCc2cccnc2)c1. The van der Waals surface area contributed by atoms with Gasteiger partial charge in [0.05, 0.1) is 11.4 Å². The standard InChI is InChI=1S/C22H20N4O3/c23-19-8-1-2-9-20(19)26-21(27)11-10-16-5-3-7-18(13-16)25-22(28)29-15-17-6-4-12-24-14-17/h1-14H,15,23H2,(H,25,28)(H,26,27)/b11-10+. The molecule has 29 heavy (non-hydrogen) atoms. The Bertz CT molecular complexity index is 1020. The minimum atomic E-state index is -0.577. The summed E-state index contributed by atoms with van der Waals surface area (Å²) in [5.41, 5.74) is 8.94. The van der Waals surface area contributed by atoms with Gasteiger partial charge in [-0.05, 0) is 42.0 Å². The van der Waals surface area contributed by atoms with Gasteiger partial charge in [-0.15, -0.1) is 0 Å². The highest BCUT2D eigenvalue weighted by atomic mass is 16.5. The fourth-order valence-electron chi connectivity index (χ4n) is 2.46. The first kappa shape index (κ1) is 19.6. The molecule has 3 rings (SSSR count). The maximum atomic E-state index is 12.1. The molecule has 0 atom stereocenters. The van der Waals surface area contributed by atoms with Crippen molar-refractivity contribution < 1.29 is 14.3 Å². The number of carbonyl (C=O) groups excluding carboxylic acids is 2. The van der Waals surface area contributed by atoms with Crippen molar-refractivity contribution in [3.8, 4) is 0 Å². The summed E-state index contributed by atoms with van der Waals surface area (Å²) in [6.07, 6.45) is 5.74. The minimum absolute atomic E-state index is 0.127. The van der Waals surface area contributed by atoms with Crippen LogP contribution in [0.4, 0.5) is 21.9 Å². The number of rotatable bonds is 6. The van der Waals surface area contributed by atoms with Crippen LogP contribution in [-0.4, -0.2) is 17.0 Å². The Hall–Kier alpha value is -4.13. The van der Waals surface area contributed by atoms with Gasteiger partial charge in [0.25, 0.3) is 0 Å². The van der Waals surface area contributed by atoms with E-state index in [9.17, 15) is 9.59 Å². The molecule has 0 aliphatic carbocycles. The summed E-state index contributed by atoms with van der Waals surface area (Å²) in [5, 5.41) is 5.37. The number of nitrogen functional groups attached to an aromatic ring is 1. The van der Waals surface area contributed by atoms with E-state index >= 15 is 0 Å². The molecule has 2 amide bonds.